The maximum absolute atomic E-state index is 10.9. The Kier molecular flexibility index (Phi) is 7.40. The third-order valence-corrected chi connectivity index (χ3v) is 2.04. The molecular formula is C12H8Na2O2. The minimum absolute atomic E-state index is 0. The van der Waals surface area contributed by atoms with Crippen molar-refractivity contribution in [3.63, 3.8) is 0 Å². The van der Waals surface area contributed by atoms with Crippen LogP contribution in [0.3, 0.4) is 0 Å². The van der Waals surface area contributed by atoms with Gasteiger partial charge < -0.3 is 10.2 Å². The van der Waals surface area contributed by atoms with Crippen molar-refractivity contribution in [1.29, 1.82) is 0 Å². The van der Waals surface area contributed by atoms with Crippen molar-refractivity contribution < 1.29 is 69.3 Å². The number of benzene rings is 2. The van der Waals surface area contributed by atoms with Crippen LogP contribution in [0.2, 0.25) is 0 Å². The van der Waals surface area contributed by atoms with Crippen LogP contribution in [0, 0.1) is 0 Å². The molecule has 2 nitrogen and oxygen atoms in total. The topological polar surface area (TPSA) is 46.1 Å². The van der Waals surface area contributed by atoms with Crippen LogP contribution in [0.25, 0.3) is 11.1 Å². The average Bonchev–Trinajstić information content (AvgIpc) is 2.21. The van der Waals surface area contributed by atoms with Crippen molar-refractivity contribution in [2.24, 2.45) is 0 Å². The zero-order chi connectivity index (χ0) is 9.97. The molecule has 0 saturated heterocycles. The number of rotatable bonds is 1. The predicted molar refractivity (Wildman–Crippen MR) is 50.8 cm³/mol. The smallest absolute Gasteiger partial charge is 0.872 e. The predicted octanol–water partition coefficient (Wildman–Crippen LogP) is -4.49. The van der Waals surface area contributed by atoms with Gasteiger partial charge >= 0.3 is 59.1 Å². The molecule has 4 heteroatoms. The zero-order valence-electron chi connectivity index (χ0n) is 9.44. The average molecular weight is 230 g/mol. The maximum Gasteiger partial charge on any atom is 1.00 e. The van der Waals surface area contributed by atoms with Gasteiger partial charge in [0, 0.05) is 0 Å². The molecule has 0 spiro atoms. The van der Waals surface area contributed by atoms with E-state index in [0.29, 0.717) is 0 Å². The largest absolute Gasteiger partial charge is 1.00 e. The zero-order valence-corrected chi connectivity index (χ0v) is 13.4. The first kappa shape index (κ1) is 16.0. The molecule has 0 aliphatic heterocycles. The quantitative estimate of drug-likeness (QED) is 0.464. The van der Waals surface area contributed by atoms with Gasteiger partial charge in [-0.25, -0.2) is 0 Å². The third kappa shape index (κ3) is 4.13. The normalized spacial score (nSPS) is 8.75. The Balaban J connectivity index is 0.00000112. The molecule has 0 bridgehead atoms. The molecule has 0 unspecified atom stereocenters. The van der Waals surface area contributed by atoms with E-state index in [4.69, 9.17) is 0 Å². The second kappa shape index (κ2) is 7.38. The van der Waals surface area contributed by atoms with Gasteiger partial charge in [-0.1, -0.05) is 48.5 Å². The molecule has 70 valence electrons. The van der Waals surface area contributed by atoms with Gasteiger partial charge in [0.1, 0.15) is 0 Å². The fourth-order valence-corrected chi connectivity index (χ4v) is 1.29. The second-order valence-electron chi connectivity index (χ2n) is 3.05. The van der Waals surface area contributed by atoms with Crippen molar-refractivity contribution in [3.05, 3.63) is 48.5 Å². The van der Waals surface area contributed by atoms with Crippen LogP contribution >= 0.6 is 0 Å². The van der Waals surface area contributed by atoms with Crippen LogP contribution in [0.1, 0.15) is 0 Å². The fraction of sp³-hybridized carbons (Fsp3) is 0. The molecule has 0 fully saturated rings. The first-order valence-electron chi connectivity index (χ1n) is 4.30. The van der Waals surface area contributed by atoms with Gasteiger partial charge in [0.15, 0.2) is 0 Å². The Bertz CT molecular complexity index is 380. The van der Waals surface area contributed by atoms with Crippen LogP contribution in [0.4, 0.5) is 0 Å². The van der Waals surface area contributed by atoms with Crippen molar-refractivity contribution in [2.45, 2.75) is 0 Å². The molecule has 0 aromatic heterocycles. The van der Waals surface area contributed by atoms with E-state index in [1.807, 2.05) is 0 Å². The molecule has 0 aliphatic rings. The molecule has 16 heavy (non-hydrogen) atoms. The van der Waals surface area contributed by atoms with E-state index in [-0.39, 0.29) is 70.6 Å². The summed E-state index contributed by atoms with van der Waals surface area (Å²) in [6, 6.07) is 13.1. The molecule has 2 aromatic carbocycles. The van der Waals surface area contributed by atoms with Gasteiger partial charge in [-0.3, -0.25) is 0 Å². The molecule has 2 aromatic rings. The van der Waals surface area contributed by atoms with Crippen molar-refractivity contribution >= 4 is 0 Å². The van der Waals surface area contributed by atoms with Gasteiger partial charge in [-0.2, -0.15) is 0 Å². The molecule has 0 amide bonds. The fourth-order valence-electron chi connectivity index (χ4n) is 1.29. The molecule has 0 N–H and O–H groups in total. The molecular weight excluding hydrogens is 222 g/mol. The van der Waals surface area contributed by atoms with Gasteiger partial charge in [0.25, 0.3) is 0 Å². The Morgan fingerprint density at radius 3 is 1.00 bits per heavy atom. The van der Waals surface area contributed by atoms with Gasteiger partial charge in [-0.15, -0.1) is 11.5 Å². The Hall–Kier alpha value is 0.0400. The molecule has 0 aliphatic carbocycles. The van der Waals surface area contributed by atoms with E-state index in [1.54, 1.807) is 24.3 Å². The first-order chi connectivity index (χ1) is 6.75. The van der Waals surface area contributed by atoms with Crippen molar-refractivity contribution in [1.82, 2.24) is 0 Å². The second-order valence-corrected chi connectivity index (χ2v) is 3.05. The maximum atomic E-state index is 10.9. The summed E-state index contributed by atoms with van der Waals surface area (Å²) in [4.78, 5) is 0. The molecule has 0 atom stereocenters. The summed E-state index contributed by atoms with van der Waals surface area (Å²) in [6.07, 6.45) is 0. The van der Waals surface area contributed by atoms with E-state index < -0.39 is 0 Å². The van der Waals surface area contributed by atoms with Crippen LogP contribution in [0.15, 0.2) is 48.5 Å². The van der Waals surface area contributed by atoms with E-state index in [0.717, 1.165) is 11.1 Å². The van der Waals surface area contributed by atoms with Gasteiger partial charge in [0.2, 0.25) is 0 Å². The van der Waals surface area contributed by atoms with Gasteiger partial charge in [0.05, 0.1) is 0 Å². The standard InChI is InChI=1S/C12H10O2.2Na/c13-11-5-1-9(2-6-11)10-3-7-12(14)8-4-10;;/h1-8,13-14H;;/q;2*+1/p-2. The Labute approximate surface area is 139 Å². The van der Waals surface area contributed by atoms with Gasteiger partial charge in [-0.05, 0) is 11.1 Å². The minimum atomic E-state index is -0.00537. The SMILES string of the molecule is [Na+].[Na+].[O-]c1ccc(-c2ccc([O-])cc2)cc1. The Morgan fingerprint density at radius 1 is 0.500 bits per heavy atom. The van der Waals surface area contributed by atoms with Crippen LogP contribution in [-0.4, -0.2) is 0 Å². The summed E-state index contributed by atoms with van der Waals surface area (Å²) < 4.78 is 0. The van der Waals surface area contributed by atoms with Crippen molar-refractivity contribution in [3.8, 4) is 22.6 Å². The summed E-state index contributed by atoms with van der Waals surface area (Å²) in [6.45, 7) is 0. The summed E-state index contributed by atoms with van der Waals surface area (Å²) in [5.74, 6) is -0.0107. The van der Waals surface area contributed by atoms with E-state index in [2.05, 4.69) is 0 Å². The Morgan fingerprint density at radius 2 is 0.750 bits per heavy atom. The van der Waals surface area contributed by atoms with E-state index in [9.17, 15) is 10.2 Å². The molecule has 2 rings (SSSR count). The van der Waals surface area contributed by atoms with Crippen LogP contribution < -0.4 is 69.3 Å². The van der Waals surface area contributed by atoms with Crippen LogP contribution in [0.5, 0.6) is 11.5 Å². The molecule has 0 saturated carbocycles. The first-order valence-corrected chi connectivity index (χ1v) is 4.30. The monoisotopic (exact) mass is 230 g/mol. The van der Waals surface area contributed by atoms with E-state index >= 15 is 0 Å². The summed E-state index contributed by atoms with van der Waals surface area (Å²) >= 11 is 0. The van der Waals surface area contributed by atoms with Crippen LogP contribution in [-0.2, 0) is 0 Å². The minimum Gasteiger partial charge on any atom is -0.872 e. The van der Waals surface area contributed by atoms with Crippen molar-refractivity contribution in [2.75, 3.05) is 0 Å². The number of hydrogen-bond acceptors (Lipinski definition) is 2. The summed E-state index contributed by atoms with van der Waals surface area (Å²) in [5.41, 5.74) is 1.90. The summed E-state index contributed by atoms with van der Waals surface area (Å²) in [7, 11) is 0. The summed E-state index contributed by atoms with van der Waals surface area (Å²) in [5, 5.41) is 21.7. The molecule has 0 heterocycles. The number of hydrogen-bond donors (Lipinski definition) is 0. The molecule has 0 radical (unpaired) electrons. The third-order valence-electron chi connectivity index (χ3n) is 2.04. The van der Waals surface area contributed by atoms with E-state index in [1.165, 1.54) is 24.3 Å².